The summed E-state index contributed by atoms with van der Waals surface area (Å²) in [5.41, 5.74) is 0.590. The van der Waals surface area contributed by atoms with Crippen LogP contribution in [0.3, 0.4) is 0 Å². The standard InChI is InChI=1S/C27H31Cl2N3O4S/c1-4-5-14-30-27(34)19(2)32(17-22-10-12-23(28)16-25(22)29)26(33)18-31(3)37(35,36)24-13-11-20-8-6-7-9-21(20)15-24/h6-13,15-16,19H,4-5,14,17-18H2,1-3H3,(H,30,34). The van der Waals surface area contributed by atoms with Crippen molar-refractivity contribution in [1.82, 2.24) is 14.5 Å². The number of rotatable bonds is 11. The summed E-state index contributed by atoms with van der Waals surface area (Å²) < 4.78 is 27.6. The second-order valence-corrected chi connectivity index (χ2v) is 11.7. The van der Waals surface area contributed by atoms with Crippen molar-refractivity contribution in [2.45, 2.75) is 44.2 Å². The van der Waals surface area contributed by atoms with Crippen molar-refractivity contribution >= 4 is 55.8 Å². The first kappa shape index (κ1) is 28.9. The van der Waals surface area contributed by atoms with Gasteiger partial charge in [-0.15, -0.1) is 0 Å². The van der Waals surface area contributed by atoms with E-state index in [1.54, 1.807) is 37.3 Å². The lowest BCUT2D eigenvalue weighted by molar-refractivity contribution is -0.140. The molecule has 0 bridgehead atoms. The molecule has 3 aromatic carbocycles. The van der Waals surface area contributed by atoms with E-state index >= 15 is 0 Å². The molecule has 0 saturated heterocycles. The third kappa shape index (κ3) is 7.23. The third-order valence-electron chi connectivity index (χ3n) is 6.14. The number of likely N-dealkylation sites (N-methyl/N-ethyl adjacent to an activating group) is 1. The van der Waals surface area contributed by atoms with Crippen LogP contribution < -0.4 is 5.32 Å². The van der Waals surface area contributed by atoms with E-state index in [1.165, 1.54) is 18.0 Å². The molecule has 3 aromatic rings. The number of unbranched alkanes of at least 4 members (excludes halogenated alkanes) is 1. The Morgan fingerprint density at radius 2 is 1.70 bits per heavy atom. The average Bonchev–Trinajstić information content (AvgIpc) is 2.87. The van der Waals surface area contributed by atoms with Crippen molar-refractivity contribution < 1.29 is 18.0 Å². The van der Waals surface area contributed by atoms with Crippen LogP contribution >= 0.6 is 23.2 Å². The number of halogens is 2. The van der Waals surface area contributed by atoms with Crippen molar-refractivity contribution in [2.75, 3.05) is 20.1 Å². The highest BCUT2D eigenvalue weighted by Gasteiger charge is 2.30. The third-order valence-corrected chi connectivity index (χ3v) is 8.53. The summed E-state index contributed by atoms with van der Waals surface area (Å²) >= 11 is 12.4. The maximum Gasteiger partial charge on any atom is 0.243 e. The second-order valence-electron chi connectivity index (χ2n) is 8.85. The molecule has 0 fully saturated rings. The highest BCUT2D eigenvalue weighted by Crippen LogP contribution is 2.24. The van der Waals surface area contributed by atoms with Gasteiger partial charge in [0.2, 0.25) is 21.8 Å². The van der Waals surface area contributed by atoms with Gasteiger partial charge in [-0.25, -0.2) is 8.42 Å². The Morgan fingerprint density at radius 3 is 2.38 bits per heavy atom. The van der Waals surface area contributed by atoms with Crippen molar-refractivity contribution in [3.63, 3.8) is 0 Å². The number of sulfonamides is 1. The van der Waals surface area contributed by atoms with E-state index in [0.717, 1.165) is 27.9 Å². The monoisotopic (exact) mass is 563 g/mol. The van der Waals surface area contributed by atoms with Crippen molar-refractivity contribution in [2.24, 2.45) is 0 Å². The molecule has 7 nitrogen and oxygen atoms in total. The molecule has 0 saturated carbocycles. The van der Waals surface area contributed by atoms with Gasteiger partial charge in [0.1, 0.15) is 6.04 Å². The Bertz CT molecular complexity index is 1380. The SMILES string of the molecule is CCCCNC(=O)C(C)N(Cc1ccc(Cl)cc1Cl)C(=O)CN(C)S(=O)(=O)c1ccc2ccccc2c1. The minimum atomic E-state index is -3.97. The first-order chi connectivity index (χ1) is 17.5. The smallest absolute Gasteiger partial charge is 0.243 e. The molecule has 37 heavy (non-hydrogen) atoms. The predicted molar refractivity (Wildman–Crippen MR) is 148 cm³/mol. The topological polar surface area (TPSA) is 86.8 Å². The molecule has 0 spiro atoms. The van der Waals surface area contributed by atoms with Crippen LogP contribution in [0.25, 0.3) is 10.8 Å². The predicted octanol–water partition coefficient (Wildman–Crippen LogP) is 5.10. The minimum absolute atomic E-state index is 0.0149. The fraction of sp³-hybridized carbons (Fsp3) is 0.333. The van der Waals surface area contributed by atoms with Gasteiger partial charge in [0.05, 0.1) is 11.4 Å². The summed E-state index contributed by atoms with van der Waals surface area (Å²) in [5.74, 6) is -0.858. The van der Waals surface area contributed by atoms with Gasteiger partial charge in [0, 0.05) is 30.2 Å². The van der Waals surface area contributed by atoms with Crippen molar-refractivity contribution in [3.8, 4) is 0 Å². The van der Waals surface area contributed by atoms with Gasteiger partial charge in [0.15, 0.2) is 0 Å². The average molecular weight is 565 g/mol. The number of nitrogens with one attached hydrogen (secondary N) is 1. The number of carbonyl (C=O) groups excluding carboxylic acids is 2. The summed E-state index contributed by atoms with van der Waals surface area (Å²) in [4.78, 5) is 27.7. The maximum absolute atomic E-state index is 13.5. The maximum atomic E-state index is 13.5. The van der Waals surface area contributed by atoms with Crippen molar-refractivity contribution in [3.05, 3.63) is 76.3 Å². The van der Waals surface area contributed by atoms with E-state index in [1.807, 2.05) is 31.2 Å². The Hall–Kier alpha value is -2.65. The summed E-state index contributed by atoms with van der Waals surface area (Å²) in [7, 11) is -2.62. The van der Waals surface area contributed by atoms with Gasteiger partial charge >= 0.3 is 0 Å². The molecule has 1 unspecified atom stereocenters. The van der Waals surface area contributed by atoms with E-state index in [-0.39, 0.29) is 17.3 Å². The number of hydrogen-bond acceptors (Lipinski definition) is 4. The number of nitrogens with zero attached hydrogens (tertiary/aromatic N) is 2. The molecule has 0 aliphatic heterocycles. The van der Waals surface area contributed by atoms with Crippen LogP contribution in [0, 0.1) is 0 Å². The van der Waals surface area contributed by atoms with Crippen LogP contribution in [0.1, 0.15) is 32.3 Å². The van der Waals surface area contributed by atoms with Crippen LogP contribution in [-0.4, -0.2) is 55.6 Å². The van der Waals surface area contributed by atoms with Crippen LogP contribution in [0.15, 0.2) is 65.6 Å². The first-order valence-corrected chi connectivity index (χ1v) is 14.2. The fourth-order valence-corrected chi connectivity index (χ4v) is 5.45. The Labute approximate surface area is 228 Å². The van der Waals surface area contributed by atoms with E-state index in [2.05, 4.69) is 5.32 Å². The van der Waals surface area contributed by atoms with Crippen LogP contribution in [0.5, 0.6) is 0 Å². The summed E-state index contributed by atoms with van der Waals surface area (Å²) in [6.07, 6.45) is 1.72. The van der Waals surface area contributed by atoms with Gasteiger partial charge in [-0.2, -0.15) is 4.31 Å². The number of fused-ring (bicyclic) bond motifs is 1. The zero-order valence-corrected chi connectivity index (χ0v) is 23.4. The number of amides is 2. The number of hydrogen-bond donors (Lipinski definition) is 1. The van der Waals surface area contributed by atoms with Gasteiger partial charge in [-0.05, 0) is 53.9 Å². The minimum Gasteiger partial charge on any atom is -0.354 e. The first-order valence-electron chi connectivity index (χ1n) is 12.0. The molecular weight excluding hydrogens is 533 g/mol. The molecule has 3 rings (SSSR count). The molecule has 0 radical (unpaired) electrons. The zero-order chi connectivity index (χ0) is 27.2. The molecule has 0 aliphatic carbocycles. The quantitative estimate of drug-likeness (QED) is 0.329. The summed E-state index contributed by atoms with van der Waals surface area (Å²) in [6.45, 7) is 3.67. The van der Waals surface area contributed by atoms with Crippen LogP contribution in [0.4, 0.5) is 0 Å². The molecule has 0 aliphatic rings. The lowest BCUT2D eigenvalue weighted by Crippen LogP contribution is -2.50. The molecular formula is C27H31Cl2N3O4S. The fourth-order valence-electron chi connectivity index (χ4n) is 3.83. The van der Waals surface area contributed by atoms with E-state index in [4.69, 9.17) is 23.2 Å². The lowest BCUT2D eigenvalue weighted by atomic mass is 10.1. The van der Waals surface area contributed by atoms with E-state index in [0.29, 0.717) is 22.2 Å². The Balaban J connectivity index is 1.85. The molecule has 0 heterocycles. The molecule has 10 heteroatoms. The van der Waals surface area contributed by atoms with Gasteiger partial charge < -0.3 is 10.2 Å². The molecule has 0 aromatic heterocycles. The lowest BCUT2D eigenvalue weighted by Gasteiger charge is -2.30. The molecule has 1 atom stereocenters. The van der Waals surface area contributed by atoms with Gasteiger partial charge in [-0.3, -0.25) is 9.59 Å². The van der Waals surface area contributed by atoms with Crippen LogP contribution in [0.2, 0.25) is 10.0 Å². The van der Waals surface area contributed by atoms with E-state index in [9.17, 15) is 18.0 Å². The number of benzene rings is 3. The number of carbonyl (C=O) groups is 2. The molecule has 1 N–H and O–H groups in total. The summed E-state index contributed by atoms with van der Waals surface area (Å²) in [5, 5.41) is 5.32. The summed E-state index contributed by atoms with van der Waals surface area (Å²) in [6, 6.07) is 16.3. The normalized spacial score (nSPS) is 12.5. The van der Waals surface area contributed by atoms with Gasteiger partial charge in [0.25, 0.3) is 0 Å². The highest BCUT2D eigenvalue weighted by atomic mass is 35.5. The Kier molecular flexibility index (Phi) is 9.95. The second kappa shape index (κ2) is 12.7. The Morgan fingerprint density at radius 1 is 1.00 bits per heavy atom. The zero-order valence-electron chi connectivity index (χ0n) is 21.1. The van der Waals surface area contributed by atoms with E-state index < -0.39 is 28.5 Å². The largest absolute Gasteiger partial charge is 0.354 e. The molecule has 2 amide bonds. The highest BCUT2D eigenvalue weighted by molar-refractivity contribution is 7.89. The van der Waals surface area contributed by atoms with Crippen LogP contribution in [-0.2, 0) is 26.2 Å². The van der Waals surface area contributed by atoms with Gasteiger partial charge in [-0.1, -0.05) is 72.9 Å². The molecule has 198 valence electrons. The van der Waals surface area contributed by atoms with Crippen molar-refractivity contribution in [1.29, 1.82) is 0 Å².